The number of methoxy groups -OCH3 is 1. The lowest BCUT2D eigenvalue weighted by molar-refractivity contribution is -0.384. The van der Waals surface area contributed by atoms with Crippen LogP contribution >= 0.6 is 11.6 Å². The molecule has 0 saturated carbocycles. The number of aryl methyl sites for hydroxylation is 1. The van der Waals surface area contributed by atoms with Gasteiger partial charge in [0, 0.05) is 12.1 Å². The topological polar surface area (TPSA) is 100 Å². The molecule has 0 radical (unpaired) electrons. The van der Waals surface area contributed by atoms with E-state index in [9.17, 15) is 14.9 Å². The van der Waals surface area contributed by atoms with Gasteiger partial charge in [-0.25, -0.2) is 9.79 Å². The van der Waals surface area contributed by atoms with Gasteiger partial charge in [0.15, 0.2) is 17.2 Å². The van der Waals surface area contributed by atoms with E-state index in [0.29, 0.717) is 23.7 Å². The highest BCUT2D eigenvalue weighted by atomic mass is 35.5. The molecule has 34 heavy (non-hydrogen) atoms. The molecule has 3 aromatic rings. The fourth-order valence-corrected chi connectivity index (χ4v) is 3.49. The molecule has 0 saturated heterocycles. The Morgan fingerprint density at radius 1 is 1.12 bits per heavy atom. The molecule has 0 amide bonds. The van der Waals surface area contributed by atoms with Crippen molar-refractivity contribution in [1.29, 1.82) is 0 Å². The Balaban J connectivity index is 1.58. The zero-order valence-corrected chi connectivity index (χ0v) is 19.0. The van der Waals surface area contributed by atoms with Crippen LogP contribution in [0.2, 0.25) is 5.02 Å². The third kappa shape index (κ3) is 4.92. The number of carbonyl (C=O) groups excluding carboxylic acids is 1. The summed E-state index contributed by atoms with van der Waals surface area (Å²) < 4.78 is 16.6. The summed E-state index contributed by atoms with van der Waals surface area (Å²) in [5.74, 6) is 0.237. The molecular formula is C25H19ClN2O6. The van der Waals surface area contributed by atoms with Crippen LogP contribution in [0.1, 0.15) is 22.3 Å². The van der Waals surface area contributed by atoms with E-state index in [-0.39, 0.29) is 27.9 Å². The second-order valence-corrected chi connectivity index (χ2v) is 7.79. The maximum Gasteiger partial charge on any atom is 0.363 e. The van der Waals surface area contributed by atoms with Crippen LogP contribution in [0.3, 0.4) is 0 Å². The quantitative estimate of drug-likeness (QED) is 0.193. The fraction of sp³-hybridized carbons (Fsp3) is 0.120. The van der Waals surface area contributed by atoms with E-state index < -0.39 is 10.9 Å². The second-order valence-electron chi connectivity index (χ2n) is 7.38. The highest BCUT2D eigenvalue weighted by Gasteiger charge is 2.27. The van der Waals surface area contributed by atoms with Crippen molar-refractivity contribution >= 4 is 35.2 Å². The summed E-state index contributed by atoms with van der Waals surface area (Å²) in [6.45, 7) is 2.40. The van der Waals surface area contributed by atoms with Crippen molar-refractivity contribution in [2.24, 2.45) is 4.99 Å². The van der Waals surface area contributed by atoms with Gasteiger partial charge >= 0.3 is 5.97 Å². The van der Waals surface area contributed by atoms with Crippen LogP contribution in [0.25, 0.3) is 6.08 Å². The normalized spacial score (nSPS) is 14.0. The number of carbonyl (C=O) groups is 1. The van der Waals surface area contributed by atoms with Gasteiger partial charge in [0.25, 0.3) is 5.69 Å². The fourth-order valence-electron chi connectivity index (χ4n) is 3.29. The number of nitro benzene ring substituents is 1. The average Bonchev–Trinajstić information content (AvgIpc) is 3.18. The standard InChI is InChI=1S/C25H19ClN2O6/c1-15-5-3-4-6-17(15)14-33-22-10-7-16(12-23(22)32-2)11-21-25(29)34-24(27-21)19-13-18(28(30)31)8-9-20(19)26/h3-13H,14H2,1-2H3/b21-11-. The maximum absolute atomic E-state index is 12.4. The predicted octanol–water partition coefficient (Wildman–Crippen LogP) is 5.49. The molecule has 8 nitrogen and oxygen atoms in total. The number of rotatable bonds is 7. The minimum Gasteiger partial charge on any atom is -0.493 e. The van der Waals surface area contributed by atoms with Crippen LogP contribution in [0.5, 0.6) is 11.5 Å². The van der Waals surface area contributed by atoms with Crippen LogP contribution in [-0.4, -0.2) is 23.9 Å². The smallest absolute Gasteiger partial charge is 0.363 e. The first kappa shape index (κ1) is 23.0. The molecule has 0 bridgehead atoms. The molecule has 1 aliphatic rings. The van der Waals surface area contributed by atoms with E-state index in [1.165, 1.54) is 31.4 Å². The molecule has 172 valence electrons. The molecular weight excluding hydrogens is 460 g/mol. The number of hydrogen-bond donors (Lipinski definition) is 0. The molecule has 0 aromatic heterocycles. The molecule has 0 unspecified atom stereocenters. The average molecular weight is 479 g/mol. The zero-order valence-electron chi connectivity index (χ0n) is 18.3. The Hall–Kier alpha value is -4.17. The number of hydrogen-bond acceptors (Lipinski definition) is 7. The van der Waals surface area contributed by atoms with Crippen molar-refractivity contribution in [2.45, 2.75) is 13.5 Å². The minimum atomic E-state index is -0.698. The van der Waals surface area contributed by atoms with Gasteiger partial charge in [-0.2, -0.15) is 0 Å². The largest absolute Gasteiger partial charge is 0.493 e. The lowest BCUT2D eigenvalue weighted by atomic mass is 10.1. The number of nitro groups is 1. The number of nitrogens with zero attached hydrogens (tertiary/aromatic N) is 2. The van der Waals surface area contributed by atoms with Gasteiger partial charge in [-0.1, -0.05) is 41.9 Å². The maximum atomic E-state index is 12.4. The first-order chi connectivity index (χ1) is 16.4. The molecule has 1 heterocycles. The molecule has 0 N–H and O–H groups in total. The van der Waals surface area contributed by atoms with E-state index in [1.807, 2.05) is 31.2 Å². The van der Waals surface area contributed by atoms with Gasteiger partial charge in [-0.3, -0.25) is 10.1 Å². The van der Waals surface area contributed by atoms with Crippen molar-refractivity contribution in [2.75, 3.05) is 7.11 Å². The van der Waals surface area contributed by atoms with Gasteiger partial charge in [-0.15, -0.1) is 0 Å². The first-order valence-electron chi connectivity index (χ1n) is 10.2. The first-order valence-corrected chi connectivity index (χ1v) is 10.6. The molecule has 1 aliphatic heterocycles. The summed E-state index contributed by atoms with van der Waals surface area (Å²) in [6.07, 6.45) is 1.52. The summed E-state index contributed by atoms with van der Waals surface area (Å²) in [4.78, 5) is 27.0. The lowest BCUT2D eigenvalue weighted by Gasteiger charge is -2.12. The van der Waals surface area contributed by atoms with Gasteiger partial charge in [0.1, 0.15) is 6.61 Å². The summed E-state index contributed by atoms with van der Waals surface area (Å²) in [5, 5.41) is 11.2. The Kier molecular flexibility index (Phi) is 6.60. The highest BCUT2D eigenvalue weighted by Crippen LogP contribution is 2.31. The second kappa shape index (κ2) is 9.76. The monoisotopic (exact) mass is 478 g/mol. The van der Waals surface area contributed by atoms with E-state index in [2.05, 4.69) is 4.99 Å². The molecule has 0 atom stereocenters. The van der Waals surface area contributed by atoms with Crippen molar-refractivity contribution in [3.8, 4) is 11.5 Å². The number of esters is 1. The number of halogens is 1. The van der Waals surface area contributed by atoms with Crippen LogP contribution in [0.15, 0.2) is 71.4 Å². The number of non-ortho nitro benzene ring substituents is 1. The molecule has 0 aliphatic carbocycles. The van der Waals surface area contributed by atoms with E-state index in [1.54, 1.807) is 18.2 Å². The van der Waals surface area contributed by atoms with E-state index in [0.717, 1.165) is 11.1 Å². The third-order valence-corrected chi connectivity index (χ3v) is 5.48. The number of cyclic esters (lactones) is 1. The van der Waals surface area contributed by atoms with Gasteiger partial charge < -0.3 is 14.2 Å². The Bertz CT molecular complexity index is 1350. The van der Waals surface area contributed by atoms with Crippen molar-refractivity contribution in [3.63, 3.8) is 0 Å². The predicted molar refractivity (Wildman–Crippen MR) is 127 cm³/mol. The van der Waals surface area contributed by atoms with Crippen LogP contribution < -0.4 is 9.47 Å². The Morgan fingerprint density at radius 3 is 2.65 bits per heavy atom. The number of aliphatic imine (C=N–C) groups is 1. The summed E-state index contributed by atoms with van der Waals surface area (Å²) in [6, 6.07) is 17.0. The zero-order chi connectivity index (χ0) is 24.2. The molecule has 9 heteroatoms. The summed E-state index contributed by atoms with van der Waals surface area (Å²) in [7, 11) is 1.53. The van der Waals surface area contributed by atoms with Gasteiger partial charge in [-0.05, 0) is 47.9 Å². The lowest BCUT2D eigenvalue weighted by Crippen LogP contribution is -2.06. The SMILES string of the molecule is COc1cc(/C=C2\N=C(c3cc([N+](=O)[O-])ccc3Cl)OC2=O)ccc1OCc1ccccc1C. The van der Waals surface area contributed by atoms with Crippen molar-refractivity contribution < 1.29 is 23.9 Å². The van der Waals surface area contributed by atoms with Crippen LogP contribution in [0.4, 0.5) is 5.69 Å². The molecule has 0 fully saturated rings. The molecule has 4 rings (SSSR count). The van der Waals surface area contributed by atoms with Crippen molar-refractivity contribution in [1.82, 2.24) is 0 Å². The Labute approximate surface area is 200 Å². The molecule has 3 aromatic carbocycles. The van der Waals surface area contributed by atoms with E-state index in [4.69, 9.17) is 25.8 Å². The van der Waals surface area contributed by atoms with Crippen LogP contribution in [-0.2, 0) is 16.1 Å². The number of ether oxygens (including phenoxy) is 3. The highest BCUT2D eigenvalue weighted by molar-refractivity contribution is 6.34. The Morgan fingerprint density at radius 2 is 1.91 bits per heavy atom. The summed E-state index contributed by atoms with van der Waals surface area (Å²) in [5.41, 5.74) is 2.80. The summed E-state index contributed by atoms with van der Waals surface area (Å²) >= 11 is 6.13. The number of benzene rings is 3. The van der Waals surface area contributed by atoms with Crippen molar-refractivity contribution in [3.05, 3.63) is 104 Å². The van der Waals surface area contributed by atoms with Gasteiger partial charge in [0.2, 0.25) is 5.90 Å². The minimum absolute atomic E-state index is 0.0215. The van der Waals surface area contributed by atoms with E-state index >= 15 is 0 Å². The third-order valence-electron chi connectivity index (χ3n) is 5.15. The van der Waals surface area contributed by atoms with Gasteiger partial charge in [0.05, 0.1) is 22.6 Å². The van der Waals surface area contributed by atoms with Crippen LogP contribution in [0, 0.1) is 17.0 Å². The molecule has 0 spiro atoms.